The topological polar surface area (TPSA) is 59.3 Å². The Morgan fingerprint density at radius 3 is 2.39 bits per heavy atom. The van der Waals surface area contributed by atoms with Crippen molar-refractivity contribution < 1.29 is 4.74 Å². The lowest BCUT2D eigenvalue weighted by Gasteiger charge is -2.39. The summed E-state index contributed by atoms with van der Waals surface area (Å²) in [5.41, 5.74) is 2.61. The molecule has 31 heavy (non-hydrogen) atoms. The van der Waals surface area contributed by atoms with Crippen LogP contribution in [0.1, 0.15) is 35.8 Å². The molecule has 7 nitrogen and oxygen atoms in total. The van der Waals surface area contributed by atoms with Gasteiger partial charge in [-0.25, -0.2) is 4.68 Å². The standard InChI is InChI=1S/C24H30N6O/c1-3-8-20(9-4-1)18-28-13-15-29(16-14-28)23(21-10-5-2-6-11-21)24-25-26-27-30(24)19-22-12-7-17-31-22/h1-6,8-11,22-23H,7,12-19H2/t22-,23-/m0/s1. The van der Waals surface area contributed by atoms with Gasteiger partial charge >= 0.3 is 0 Å². The van der Waals surface area contributed by atoms with E-state index in [1.165, 1.54) is 11.1 Å². The van der Waals surface area contributed by atoms with E-state index in [1.54, 1.807) is 0 Å². The average molecular weight is 419 g/mol. The summed E-state index contributed by atoms with van der Waals surface area (Å²) < 4.78 is 7.81. The second-order valence-electron chi connectivity index (χ2n) is 8.47. The molecular formula is C24H30N6O. The van der Waals surface area contributed by atoms with Gasteiger partial charge < -0.3 is 4.74 Å². The molecule has 0 spiro atoms. The average Bonchev–Trinajstić information content (AvgIpc) is 3.50. The first kappa shape index (κ1) is 20.3. The fourth-order valence-corrected chi connectivity index (χ4v) is 4.70. The Bertz CT molecular complexity index is 933. The van der Waals surface area contributed by atoms with Crippen LogP contribution < -0.4 is 0 Å². The second-order valence-corrected chi connectivity index (χ2v) is 8.47. The maximum atomic E-state index is 5.85. The van der Waals surface area contributed by atoms with Crippen LogP contribution in [0.25, 0.3) is 0 Å². The summed E-state index contributed by atoms with van der Waals surface area (Å²) in [4.78, 5) is 5.05. The van der Waals surface area contributed by atoms with Gasteiger partial charge in [0, 0.05) is 39.3 Å². The maximum Gasteiger partial charge on any atom is 0.173 e. The number of aromatic nitrogens is 4. The third-order valence-electron chi connectivity index (χ3n) is 6.34. The molecule has 3 aromatic rings. The Morgan fingerprint density at radius 2 is 1.68 bits per heavy atom. The lowest BCUT2D eigenvalue weighted by Crippen LogP contribution is -2.48. The van der Waals surface area contributed by atoms with Crippen LogP contribution in [-0.2, 0) is 17.8 Å². The van der Waals surface area contributed by atoms with Gasteiger partial charge in [-0.05, 0) is 34.4 Å². The molecule has 2 aliphatic heterocycles. The number of piperazine rings is 1. The van der Waals surface area contributed by atoms with Crippen molar-refractivity contribution in [2.75, 3.05) is 32.8 Å². The number of hydrogen-bond donors (Lipinski definition) is 0. The normalized spacial score (nSPS) is 21.4. The molecule has 0 N–H and O–H groups in total. The van der Waals surface area contributed by atoms with E-state index in [1.807, 2.05) is 4.68 Å². The van der Waals surface area contributed by atoms with Crippen LogP contribution in [0.4, 0.5) is 0 Å². The van der Waals surface area contributed by atoms with E-state index < -0.39 is 0 Å². The minimum atomic E-state index is 0.0523. The largest absolute Gasteiger partial charge is 0.376 e. The van der Waals surface area contributed by atoms with Crippen LogP contribution in [0.5, 0.6) is 0 Å². The zero-order chi connectivity index (χ0) is 20.9. The Labute approximate surface area is 183 Å². The molecule has 0 unspecified atom stereocenters. The molecule has 3 heterocycles. The third kappa shape index (κ3) is 4.84. The highest BCUT2D eigenvalue weighted by Crippen LogP contribution is 2.29. The Morgan fingerprint density at radius 1 is 0.935 bits per heavy atom. The molecule has 2 aromatic carbocycles. The zero-order valence-corrected chi connectivity index (χ0v) is 17.9. The minimum absolute atomic E-state index is 0.0523. The molecule has 0 radical (unpaired) electrons. The van der Waals surface area contributed by atoms with E-state index >= 15 is 0 Å². The quantitative estimate of drug-likeness (QED) is 0.588. The van der Waals surface area contributed by atoms with Crippen molar-refractivity contribution in [1.82, 2.24) is 30.0 Å². The minimum Gasteiger partial charge on any atom is -0.376 e. The number of tetrazole rings is 1. The van der Waals surface area contributed by atoms with Crippen molar-refractivity contribution >= 4 is 0 Å². The van der Waals surface area contributed by atoms with Crippen molar-refractivity contribution in [2.24, 2.45) is 0 Å². The molecule has 5 rings (SSSR count). The van der Waals surface area contributed by atoms with Gasteiger partial charge in [0.15, 0.2) is 5.82 Å². The summed E-state index contributed by atoms with van der Waals surface area (Å²) in [5.74, 6) is 0.915. The summed E-state index contributed by atoms with van der Waals surface area (Å²) in [6.45, 7) is 6.60. The third-order valence-corrected chi connectivity index (χ3v) is 6.34. The van der Waals surface area contributed by atoms with Crippen LogP contribution in [0, 0.1) is 0 Å². The molecular weight excluding hydrogens is 388 g/mol. The lowest BCUT2D eigenvalue weighted by atomic mass is 10.0. The predicted molar refractivity (Wildman–Crippen MR) is 118 cm³/mol. The van der Waals surface area contributed by atoms with E-state index in [2.05, 4.69) is 86.0 Å². The molecule has 162 valence electrons. The van der Waals surface area contributed by atoms with Crippen molar-refractivity contribution in [2.45, 2.75) is 38.1 Å². The van der Waals surface area contributed by atoms with Crippen LogP contribution in [0.3, 0.4) is 0 Å². The highest BCUT2D eigenvalue weighted by atomic mass is 16.5. The van der Waals surface area contributed by atoms with Gasteiger partial charge in [-0.2, -0.15) is 0 Å². The van der Waals surface area contributed by atoms with Crippen LogP contribution >= 0.6 is 0 Å². The lowest BCUT2D eigenvalue weighted by molar-refractivity contribution is 0.0842. The van der Waals surface area contributed by atoms with Gasteiger partial charge in [-0.1, -0.05) is 60.7 Å². The summed E-state index contributed by atoms with van der Waals surface area (Å²) in [7, 11) is 0. The van der Waals surface area contributed by atoms with Crippen molar-refractivity contribution in [3.63, 3.8) is 0 Å². The summed E-state index contributed by atoms with van der Waals surface area (Å²) >= 11 is 0. The molecule has 0 saturated carbocycles. The van der Waals surface area contributed by atoms with E-state index in [4.69, 9.17) is 4.74 Å². The van der Waals surface area contributed by atoms with Crippen molar-refractivity contribution in [1.29, 1.82) is 0 Å². The number of hydrogen-bond acceptors (Lipinski definition) is 6. The maximum absolute atomic E-state index is 5.85. The number of nitrogens with zero attached hydrogens (tertiary/aromatic N) is 6. The fraction of sp³-hybridized carbons (Fsp3) is 0.458. The predicted octanol–water partition coefficient (Wildman–Crippen LogP) is 2.76. The van der Waals surface area contributed by atoms with E-state index in [0.29, 0.717) is 0 Å². The van der Waals surface area contributed by atoms with Crippen LogP contribution in [0.15, 0.2) is 60.7 Å². The Kier molecular flexibility index (Phi) is 6.34. The highest BCUT2D eigenvalue weighted by molar-refractivity contribution is 5.25. The monoisotopic (exact) mass is 418 g/mol. The molecule has 2 aliphatic rings. The van der Waals surface area contributed by atoms with E-state index in [0.717, 1.165) is 64.5 Å². The molecule has 1 aromatic heterocycles. The zero-order valence-electron chi connectivity index (χ0n) is 17.9. The summed E-state index contributed by atoms with van der Waals surface area (Å²) in [6, 6.07) is 21.4. The molecule has 2 fully saturated rings. The molecule has 0 aliphatic carbocycles. The van der Waals surface area contributed by atoms with Crippen molar-refractivity contribution in [3.8, 4) is 0 Å². The molecule has 7 heteroatoms. The Balaban J connectivity index is 1.33. The highest BCUT2D eigenvalue weighted by Gasteiger charge is 2.31. The van der Waals surface area contributed by atoms with Gasteiger partial charge in [0.1, 0.15) is 0 Å². The van der Waals surface area contributed by atoms with Gasteiger partial charge in [-0.3, -0.25) is 9.80 Å². The number of ether oxygens (including phenoxy) is 1. The number of benzene rings is 2. The van der Waals surface area contributed by atoms with Crippen molar-refractivity contribution in [3.05, 3.63) is 77.6 Å². The van der Waals surface area contributed by atoms with Gasteiger partial charge in [0.2, 0.25) is 0 Å². The summed E-state index contributed by atoms with van der Waals surface area (Å²) in [6.07, 6.45) is 2.41. The first-order chi connectivity index (χ1) is 15.4. The van der Waals surface area contributed by atoms with Crippen LogP contribution in [0.2, 0.25) is 0 Å². The van der Waals surface area contributed by atoms with E-state index in [-0.39, 0.29) is 12.1 Å². The van der Waals surface area contributed by atoms with Crippen LogP contribution in [-0.4, -0.2) is 68.9 Å². The molecule has 0 amide bonds. The first-order valence-corrected chi connectivity index (χ1v) is 11.3. The number of rotatable bonds is 7. The second kappa shape index (κ2) is 9.68. The SMILES string of the molecule is c1ccc(CN2CCN([C@@H](c3ccccc3)c3nnnn3C[C@@H]3CCCO3)CC2)cc1. The molecule has 2 saturated heterocycles. The smallest absolute Gasteiger partial charge is 0.173 e. The van der Waals surface area contributed by atoms with Gasteiger partial charge in [-0.15, -0.1) is 5.10 Å². The van der Waals surface area contributed by atoms with Gasteiger partial charge in [0.25, 0.3) is 0 Å². The molecule has 0 bridgehead atoms. The molecule has 2 atom stereocenters. The van der Waals surface area contributed by atoms with Gasteiger partial charge in [0.05, 0.1) is 18.7 Å². The van der Waals surface area contributed by atoms with E-state index in [9.17, 15) is 0 Å². The summed E-state index contributed by atoms with van der Waals surface area (Å²) in [5, 5.41) is 12.9. The Hall–Kier alpha value is -2.61. The first-order valence-electron chi connectivity index (χ1n) is 11.3. The fourth-order valence-electron chi connectivity index (χ4n) is 4.70.